The first-order chi connectivity index (χ1) is 17.9. The maximum atomic E-state index is 11.7. The summed E-state index contributed by atoms with van der Waals surface area (Å²) in [6, 6.07) is 12.5. The largest absolute Gasteiger partial charge is 0.385 e. The van der Waals surface area contributed by atoms with Gasteiger partial charge in [0.25, 0.3) is 0 Å². The quantitative estimate of drug-likeness (QED) is 0.153. The molecule has 10 nitrogen and oxygen atoms in total. The van der Waals surface area contributed by atoms with E-state index in [9.17, 15) is 18.2 Å². The van der Waals surface area contributed by atoms with Gasteiger partial charge in [0.2, 0.25) is 0 Å². The van der Waals surface area contributed by atoms with Crippen molar-refractivity contribution in [3.05, 3.63) is 59.5 Å². The van der Waals surface area contributed by atoms with E-state index in [1.54, 1.807) is 44.4 Å². The Morgan fingerprint density at radius 2 is 1.86 bits per heavy atom. The molecule has 2 aromatic carbocycles. The predicted octanol–water partition coefficient (Wildman–Crippen LogP) is 5.16. The van der Waals surface area contributed by atoms with Crippen molar-refractivity contribution < 1.29 is 17.7 Å². The third kappa shape index (κ3) is 7.05. The van der Waals surface area contributed by atoms with Gasteiger partial charge in [-0.05, 0) is 30.9 Å². The molecule has 0 radical (unpaired) electrons. The number of anilines is 2. The minimum atomic E-state index is -2.15. The zero-order chi connectivity index (χ0) is 26.8. The van der Waals surface area contributed by atoms with Crippen LogP contribution in [0, 0.1) is 18.3 Å². The lowest BCUT2D eigenvalue weighted by atomic mass is 10.1. The fraction of sp³-hybridized carbons (Fsp3) is 0.280. The number of hydrogen-bond acceptors (Lipinski definition) is 9. The average Bonchev–Trinajstić information content (AvgIpc) is 2.90. The Balaban J connectivity index is 2.04. The molecule has 3 N–H and O–H groups in total. The summed E-state index contributed by atoms with van der Waals surface area (Å²) in [5.41, 5.74) is 1.77. The van der Waals surface area contributed by atoms with Crippen LogP contribution in [0.25, 0.3) is 10.8 Å². The molecule has 0 saturated carbocycles. The minimum Gasteiger partial charge on any atom is -0.385 e. The molecule has 3 rings (SSSR count). The van der Waals surface area contributed by atoms with E-state index in [0.717, 1.165) is 6.42 Å². The van der Waals surface area contributed by atoms with Crippen molar-refractivity contribution in [2.45, 2.75) is 18.2 Å². The van der Waals surface area contributed by atoms with E-state index in [2.05, 4.69) is 38.5 Å². The Bertz CT molecular complexity index is 1400. The molecule has 0 aliphatic heterocycles. The third-order valence-electron chi connectivity index (χ3n) is 5.43. The molecule has 2 atom stereocenters. The average molecular weight is 541 g/mol. The van der Waals surface area contributed by atoms with Crippen LogP contribution >= 0.6 is 0 Å². The summed E-state index contributed by atoms with van der Waals surface area (Å²) >= 11 is -2.15. The topological polar surface area (TPSA) is 149 Å². The fourth-order valence-electron chi connectivity index (χ4n) is 3.58. The van der Waals surface area contributed by atoms with Crippen LogP contribution in [0.1, 0.15) is 17.5 Å². The number of nitriles is 1. The van der Waals surface area contributed by atoms with E-state index in [1.165, 1.54) is 5.41 Å². The molecule has 1 aromatic heterocycles. The summed E-state index contributed by atoms with van der Waals surface area (Å²) in [5.74, 6) is 1.12. The van der Waals surface area contributed by atoms with E-state index in [1.807, 2.05) is 6.07 Å². The molecule has 0 spiro atoms. The molecule has 1 heterocycles. The second-order valence-corrected chi connectivity index (χ2v) is 10.2. The summed E-state index contributed by atoms with van der Waals surface area (Å²) in [6.45, 7) is 6.73. The molecule has 0 saturated heterocycles. The lowest BCUT2D eigenvalue weighted by Gasteiger charge is -2.15. The number of benzene rings is 2. The summed E-state index contributed by atoms with van der Waals surface area (Å²) in [6.07, 6.45) is 0.722. The number of nitrogens with zero attached hydrogens (tertiary/aromatic N) is 4. The van der Waals surface area contributed by atoms with Crippen LogP contribution in [-0.2, 0) is 26.6 Å². The van der Waals surface area contributed by atoms with Crippen LogP contribution in [-0.4, -0.2) is 50.5 Å². The van der Waals surface area contributed by atoms with Crippen molar-refractivity contribution >= 4 is 55.7 Å². The molecular formula is C25H28N6O4S2. The molecular weight excluding hydrogens is 512 g/mol. The van der Waals surface area contributed by atoms with Crippen LogP contribution in [0.5, 0.6) is 0 Å². The van der Waals surface area contributed by atoms with E-state index >= 15 is 0 Å². The molecule has 3 aromatic rings. The second kappa shape index (κ2) is 13.7. The molecule has 37 heavy (non-hydrogen) atoms. The van der Waals surface area contributed by atoms with Gasteiger partial charge in [0.15, 0.2) is 16.9 Å². The van der Waals surface area contributed by atoms with Crippen molar-refractivity contribution in [1.29, 1.82) is 5.26 Å². The highest BCUT2D eigenvalue weighted by Crippen LogP contribution is 2.36. The Hall–Kier alpha value is -3.50. The number of ether oxygens (including phenoxy) is 1. The first-order valence-corrected chi connectivity index (χ1v) is 13.9. The van der Waals surface area contributed by atoms with Crippen LogP contribution < -0.4 is 10.6 Å². The Morgan fingerprint density at radius 1 is 1.14 bits per heavy atom. The smallest absolute Gasteiger partial charge is 0.187 e. The van der Waals surface area contributed by atoms with Gasteiger partial charge in [-0.25, -0.2) is 9.19 Å². The van der Waals surface area contributed by atoms with Crippen LogP contribution in [0.4, 0.5) is 23.0 Å². The number of aromatic nitrogens is 1. The molecule has 0 amide bonds. The monoisotopic (exact) mass is 540 g/mol. The molecule has 0 bridgehead atoms. The minimum absolute atomic E-state index is 0.285. The standard InChI is InChI=1S/C25H28N6O4S2/c1-4-36(32)15-13-28-24-20(16-26)17(2)23(25(29-24)27-12-7-14-35-3)31-30-21-10-11-22(37(33)34)19-9-6-5-8-18(19)21/h4-6,8-11H,1,7,12-15H2,2-3H3,(H,33,34)(H2,27,28,29). The maximum absolute atomic E-state index is 11.7. The van der Waals surface area contributed by atoms with Gasteiger partial charge in [-0.2, -0.15) is 5.26 Å². The van der Waals surface area contributed by atoms with Crippen molar-refractivity contribution in [3.63, 3.8) is 0 Å². The van der Waals surface area contributed by atoms with Gasteiger partial charge in [-0.15, -0.1) is 10.2 Å². The summed E-state index contributed by atoms with van der Waals surface area (Å²) in [7, 11) is 0.447. The molecule has 194 valence electrons. The number of nitrogens with one attached hydrogen (secondary N) is 2. The van der Waals surface area contributed by atoms with Gasteiger partial charge in [0.1, 0.15) is 17.6 Å². The fourth-order valence-corrected chi connectivity index (χ4v) is 4.60. The lowest BCUT2D eigenvalue weighted by molar-refractivity contribution is 0.198. The van der Waals surface area contributed by atoms with Gasteiger partial charge in [0, 0.05) is 59.7 Å². The van der Waals surface area contributed by atoms with Crippen LogP contribution in [0.2, 0.25) is 0 Å². The van der Waals surface area contributed by atoms with Gasteiger partial charge in [0.05, 0.1) is 16.1 Å². The van der Waals surface area contributed by atoms with Crippen molar-refractivity contribution in [2.75, 3.05) is 43.2 Å². The first kappa shape index (κ1) is 28.1. The summed E-state index contributed by atoms with van der Waals surface area (Å²) < 4.78 is 38.2. The zero-order valence-electron chi connectivity index (χ0n) is 20.6. The predicted molar refractivity (Wildman–Crippen MR) is 148 cm³/mol. The number of azo groups is 1. The van der Waals surface area contributed by atoms with Gasteiger partial charge in [-0.3, -0.25) is 4.21 Å². The first-order valence-electron chi connectivity index (χ1n) is 11.4. The lowest BCUT2D eigenvalue weighted by Crippen LogP contribution is -2.14. The van der Waals surface area contributed by atoms with Crippen molar-refractivity contribution in [2.24, 2.45) is 10.2 Å². The Morgan fingerprint density at radius 3 is 2.54 bits per heavy atom. The molecule has 12 heteroatoms. The molecule has 0 aliphatic carbocycles. The van der Waals surface area contributed by atoms with E-state index < -0.39 is 21.9 Å². The van der Waals surface area contributed by atoms with Crippen LogP contribution in [0.3, 0.4) is 0 Å². The van der Waals surface area contributed by atoms with Gasteiger partial charge in [-0.1, -0.05) is 30.8 Å². The van der Waals surface area contributed by atoms with E-state index in [0.29, 0.717) is 70.4 Å². The zero-order valence-corrected chi connectivity index (χ0v) is 22.2. The van der Waals surface area contributed by atoms with Crippen molar-refractivity contribution in [1.82, 2.24) is 4.98 Å². The van der Waals surface area contributed by atoms with Gasteiger partial charge >= 0.3 is 0 Å². The van der Waals surface area contributed by atoms with E-state index in [-0.39, 0.29) is 4.90 Å². The molecule has 0 fully saturated rings. The maximum Gasteiger partial charge on any atom is 0.187 e. The van der Waals surface area contributed by atoms with Crippen molar-refractivity contribution in [3.8, 4) is 6.07 Å². The van der Waals surface area contributed by atoms with E-state index in [4.69, 9.17) is 4.74 Å². The number of hydrogen-bond donors (Lipinski definition) is 3. The number of rotatable bonds is 13. The summed E-state index contributed by atoms with van der Waals surface area (Å²) in [5, 5.41) is 27.7. The Kier molecular flexibility index (Phi) is 10.4. The third-order valence-corrected chi connectivity index (χ3v) is 7.14. The molecule has 2 unspecified atom stereocenters. The SMILES string of the molecule is C=CS(=O)CCNc1nc(NCCCOC)c(N=Nc2ccc(S(=O)O)c3ccccc23)c(C)c1C#N. The number of methoxy groups -OCH3 is 1. The van der Waals surface area contributed by atoms with Gasteiger partial charge < -0.3 is 19.9 Å². The highest BCUT2D eigenvalue weighted by molar-refractivity contribution is 7.87. The van der Waals surface area contributed by atoms with Crippen LogP contribution in [0.15, 0.2) is 63.5 Å². The normalized spacial score (nSPS) is 12.8. The Labute approximate surface area is 220 Å². The summed E-state index contributed by atoms with van der Waals surface area (Å²) in [4.78, 5) is 4.88. The number of fused-ring (bicyclic) bond motifs is 1. The highest BCUT2D eigenvalue weighted by Gasteiger charge is 2.18. The molecule has 0 aliphatic rings. The number of pyridine rings is 1. The second-order valence-electron chi connectivity index (χ2n) is 7.80. The highest BCUT2D eigenvalue weighted by atomic mass is 32.2.